The molecule has 0 spiro atoms. The van der Waals surface area contributed by atoms with Crippen molar-refractivity contribution in [2.45, 2.75) is 13.3 Å². The fourth-order valence-electron chi connectivity index (χ4n) is 3.32. The zero-order valence-electron chi connectivity index (χ0n) is 15.5. The van der Waals surface area contributed by atoms with Crippen LogP contribution in [-0.2, 0) is 11.2 Å². The van der Waals surface area contributed by atoms with Crippen LogP contribution in [0, 0.1) is 6.92 Å². The average Bonchev–Trinajstić information content (AvgIpc) is 3.14. The van der Waals surface area contributed by atoms with Gasteiger partial charge in [-0.2, -0.15) is 4.98 Å². The predicted molar refractivity (Wildman–Crippen MR) is 106 cm³/mol. The number of aromatic nitrogens is 3. The minimum absolute atomic E-state index is 0.107. The first-order chi connectivity index (χ1) is 13.6. The molecule has 8 heteroatoms. The lowest BCUT2D eigenvalue weighted by atomic mass is 10.1. The normalized spacial score (nSPS) is 14.4. The van der Waals surface area contributed by atoms with Crippen LogP contribution in [-0.4, -0.2) is 52.1 Å². The molecule has 0 unspecified atom stereocenters. The van der Waals surface area contributed by atoms with E-state index in [4.69, 9.17) is 16.1 Å². The van der Waals surface area contributed by atoms with Crippen LogP contribution in [0.5, 0.6) is 0 Å². The fraction of sp³-hybridized carbons (Fsp3) is 0.300. The number of aryl methyl sites for hydroxylation is 1. The summed E-state index contributed by atoms with van der Waals surface area (Å²) in [5.74, 6) is 1.95. The molecule has 144 valence electrons. The van der Waals surface area contributed by atoms with Gasteiger partial charge in [-0.25, -0.2) is 4.98 Å². The second-order valence-electron chi connectivity index (χ2n) is 6.70. The molecule has 1 amide bonds. The van der Waals surface area contributed by atoms with Gasteiger partial charge in [0.1, 0.15) is 5.82 Å². The molecule has 1 aromatic carbocycles. The number of anilines is 1. The molecule has 1 aliphatic heterocycles. The van der Waals surface area contributed by atoms with Crippen LogP contribution in [0.1, 0.15) is 11.4 Å². The van der Waals surface area contributed by atoms with Crippen LogP contribution < -0.4 is 4.90 Å². The smallest absolute Gasteiger partial charge is 0.261 e. The van der Waals surface area contributed by atoms with Crippen molar-refractivity contribution >= 4 is 23.3 Å². The van der Waals surface area contributed by atoms with E-state index in [9.17, 15) is 4.79 Å². The van der Waals surface area contributed by atoms with E-state index in [0.29, 0.717) is 49.3 Å². The predicted octanol–water partition coefficient (Wildman–Crippen LogP) is 2.98. The number of carbonyl (C=O) groups is 1. The highest BCUT2D eigenvalue weighted by Crippen LogP contribution is 2.28. The average molecular weight is 398 g/mol. The molecule has 1 aliphatic rings. The van der Waals surface area contributed by atoms with Gasteiger partial charge in [0.25, 0.3) is 5.89 Å². The summed E-state index contributed by atoms with van der Waals surface area (Å²) >= 11 is 6.01. The van der Waals surface area contributed by atoms with E-state index >= 15 is 0 Å². The van der Waals surface area contributed by atoms with Crippen LogP contribution in [0.3, 0.4) is 0 Å². The second-order valence-corrected chi connectivity index (χ2v) is 7.13. The molecule has 3 aromatic rings. The van der Waals surface area contributed by atoms with Crippen molar-refractivity contribution in [1.29, 1.82) is 0 Å². The highest BCUT2D eigenvalue weighted by Gasteiger charge is 2.25. The van der Waals surface area contributed by atoms with Gasteiger partial charge < -0.3 is 14.3 Å². The number of nitrogens with zero attached hydrogens (tertiary/aromatic N) is 5. The topological polar surface area (TPSA) is 75.4 Å². The summed E-state index contributed by atoms with van der Waals surface area (Å²) in [6.45, 7) is 4.45. The molecule has 1 saturated heterocycles. The van der Waals surface area contributed by atoms with E-state index in [-0.39, 0.29) is 5.91 Å². The Balaban J connectivity index is 1.43. The van der Waals surface area contributed by atoms with E-state index in [0.717, 1.165) is 16.9 Å². The lowest BCUT2D eigenvalue weighted by molar-refractivity contribution is -0.130. The van der Waals surface area contributed by atoms with Gasteiger partial charge in [-0.3, -0.25) is 4.79 Å². The molecule has 28 heavy (non-hydrogen) atoms. The minimum atomic E-state index is 0.107. The summed E-state index contributed by atoms with van der Waals surface area (Å²) in [6, 6.07) is 11.2. The minimum Gasteiger partial charge on any atom is -0.352 e. The third-order valence-corrected chi connectivity index (χ3v) is 4.96. The van der Waals surface area contributed by atoms with Gasteiger partial charge in [0.2, 0.25) is 5.91 Å². The summed E-state index contributed by atoms with van der Waals surface area (Å²) in [5, 5.41) is 4.51. The maximum Gasteiger partial charge on any atom is 0.261 e. The molecule has 0 saturated carbocycles. The van der Waals surface area contributed by atoms with Gasteiger partial charge in [-0.05, 0) is 36.8 Å². The molecule has 4 rings (SSSR count). The third kappa shape index (κ3) is 3.99. The van der Waals surface area contributed by atoms with Crippen molar-refractivity contribution in [3.8, 4) is 11.5 Å². The molecule has 0 radical (unpaired) electrons. The molecule has 7 nitrogen and oxygen atoms in total. The molecule has 0 atom stereocenters. The first-order valence-electron chi connectivity index (χ1n) is 9.13. The van der Waals surface area contributed by atoms with Gasteiger partial charge >= 0.3 is 0 Å². The summed E-state index contributed by atoms with van der Waals surface area (Å²) in [7, 11) is 0. The van der Waals surface area contributed by atoms with Crippen molar-refractivity contribution in [2.24, 2.45) is 0 Å². The first kappa shape index (κ1) is 18.4. The Bertz CT molecular complexity index is 982. The van der Waals surface area contributed by atoms with Crippen molar-refractivity contribution in [3.05, 3.63) is 59.0 Å². The van der Waals surface area contributed by atoms with Gasteiger partial charge in [0.15, 0.2) is 5.82 Å². The maximum atomic E-state index is 12.6. The monoisotopic (exact) mass is 397 g/mol. The quantitative estimate of drug-likeness (QED) is 0.673. The van der Waals surface area contributed by atoms with Crippen LogP contribution in [0.2, 0.25) is 5.02 Å². The number of pyridine rings is 1. The first-order valence-corrected chi connectivity index (χ1v) is 9.51. The zero-order valence-corrected chi connectivity index (χ0v) is 16.3. The summed E-state index contributed by atoms with van der Waals surface area (Å²) in [6.07, 6.45) is 2.11. The maximum absolute atomic E-state index is 12.6. The molecule has 0 bridgehead atoms. The Kier molecular flexibility index (Phi) is 5.25. The number of rotatable bonds is 4. The largest absolute Gasteiger partial charge is 0.352 e. The molecule has 1 fully saturated rings. The molecule has 3 heterocycles. The fourth-order valence-corrected chi connectivity index (χ4v) is 3.54. The van der Waals surface area contributed by atoms with Gasteiger partial charge in [-0.15, -0.1) is 0 Å². The van der Waals surface area contributed by atoms with E-state index in [1.807, 2.05) is 41.3 Å². The Labute approximate surface area is 167 Å². The number of amides is 1. The lowest BCUT2D eigenvalue weighted by Gasteiger charge is -2.36. The van der Waals surface area contributed by atoms with Crippen molar-refractivity contribution in [3.63, 3.8) is 0 Å². The number of benzene rings is 1. The molecule has 0 N–H and O–H groups in total. The second kappa shape index (κ2) is 7.98. The summed E-state index contributed by atoms with van der Waals surface area (Å²) in [4.78, 5) is 25.5. The Morgan fingerprint density at radius 2 is 2.00 bits per heavy atom. The van der Waals surface area contributed by atoms with Crippen LogP contribution in [0.15, 0.2) is 47.1 Å². The number of hydrogen-bond donors (Lipinski definition) is 0. The Hall–Kier alpha value is -2.93. The molecule has 0 aliphatic carbocycles. The molecule has 2 aromatic heterocycles. The highest BCUT2D eigenvalue weighted by atomic mass is 35.5. The van der Waals surface area contributed by atoms with E-state index in [1.165, 1.54) is 0 Å². The number of carbonyl (C=O) groups excluding carboxylic acids is 1. The van der Waals surface area contributed by atoms with Crippen molar-refractivity contribution in [2.75, 3.05) is 31.1 Å². The van der Waals surface area contributed by atoms with Crippen LogP contribution >= 0.6 is 11.6 Å². The van der Waals surface area contributed by atoms with Gasteiger partial charge in [0, 0.05) is 37.4 Å². The Morgan fingerprint density at radius 1 is 1.18 bits per heavy atom. The van der Waals surface area contributed by atoms with Gasteiger partial charge in [-0.1, -0.05) is 28.9 Å². The number of hydrogen-bond acceptors (Lipinski definition) is 6. The Morgan fingerprint density at radius 3 is 2.71 bits per heavy atom. The number of piperazine rings is 1. The van der Waals surface area contributed by atoms with Crippen LogP contribution in [0.25, 0.3) is 11.5 Å². The number of halogens is 1. The standard InChI is InChI=1S/C20H20ClN5O2/c1-14-23-20(28-24-14)17-6-3-7-22-19(17)26-10-8-25(9-11-26)18(27)13-15-4-2-5-16(21)12-15/h2-7,12H,8-11,13H2,1H3. The molecular formula is C20H20ClN5O2. The van der Waals surface area contributed by atoms with E-state index < -0.39 is 0 Å². The van der Waals surface area contributed by atoms with Crippen molar-refractivity contribution < 1.29 is 9.32 Å². The van der Waals surface area contributed by atoms with E-state index in [2.05, 4.69) is 20.0 Å². The summed E-state index contributed by atoms with van der Waals surface area (Å²) in [5.41, 5.74) is 1.74. The highest BCUT2D eigenvalue weighted by molar-refractivity contribution is 6.30. The van der Waals surface area contributed by atoms with Crippen molar-refractivity contribution in [1.82, 2.24) is 20.0 Å². The SMILES string of the molecule is Cc1noc(-c2cccnc2N2CCN(C(=O)Cc3cccc(Cl)c3)CC2)n1. The summed E-state index contributed by atoms with van der Waals surface area (Å²) < 4.78 is 5.31. The van der Waals surface area contributed by atoms with Gasteiger partial charge in [0.05, 0.1) is 12.0 Å². The zero-order chi connectivity index (χ0) is 19.5. The van der Waals surface area contributed by atoms with Crippen LogP contribution in [0.4, 0.5) is 5.82 Å². The molecular weight excluding hydrogens is 378 g/mol. The van der Waals surface area contributed by atoms with E-state index in [1.54, 1.807) is 13.1 Å². The lowest BCUT2D eigenvalue weighted by Crippen LogP contribution is -2.49. The third-order valence-electron chi connectivity index (χ3n) is 4.72.